The van der Waals surface area contributed by atoms with E-state index in [4.69, 9.17) is 17.0 Å². The van der Waals surface area contributed by atoms with Gasteiger partial charge in [0.1, 0.15) is 5.75 Å². The zero-order chi connectivity index (χ0) is 20.8. The van der Waals surface area contributed by atoms with Crippen LogP contribution in [-0.4, -0.2) is 44.1 Å². The Kier molecular flexibility index (Phi) is 6.82. The quantitative estimate of drug-likeness (QED) is 0.415. The van der Waals surface area contributed by atoms with E-state index in [9.17, 15) is 4.79 Å². The largest absolute Gasteiger partial charge is 0.497 e. The maximum Gasteiger partial charge on any atom is 0.221 e. The number of amides is 1. The molecule has 1 aromatic carbocycles. The number of carbonyl (C=O) groups excluding carboxylic acids is 1. The molecule has 2 heterocycles. The van der Waals surface area contributed by atoms with E-state index >= 15 is 0 Å². The number of aromatic nitrogens is 5. The number of hydrogen-bond donors (Lipinski definition) is 2. The van der Waals surface area contributed by atoms with Gasteiger partial charge in [-0.3, -0.25) is 19.1 Å². The van der Waals surface area contributed by atoms with Crippen molar-refractivity contribution in [2.45, 2.75) is 39.8 Å². The lowest BCUT2D eigenvalue weighted by molar-refractivity contribution is -0.121. The number of aromatic amines is 1. The zero-order valence-corrected chi connectivity index (χ0v) is 17.8. The maximum atomic E-state index is 12.2. The van der Waals surface area contributed by atoms with Crippen LogP contribution in [0.4, 0.5) is 0 Å². The highest BCUT2D eigenvalue weighted by molar-refractivity contribution is 7.71. The Morgan fingerprint density at radius 1 is 1.24 bits per heavy atom. The summed E-state index contributed by atoms with van der Waals surface area (Å²) in [5.74, 6) is 1.46. The van der Waals surface area contributed by atoms with E-state index in [1.165, 1.54) is 0 Å². The summed E-state index contributed by atoms with van der Waals surface area (Å²) in [5, 5.41) is 14.5. The van der Waals surface area contributed by atoms with Gasteiger partial charge in [-0.1, -0.05) is 0 Å². The molecule has 0 fully saturated rings. The molecule has 9 heteroatoms. The van der Waals surface area contributed by atoms with Crippen molar-refractivity contribution in [3.63, 3.8) is 0 Å². The Labute approximate surface area is 174 Å². The number of ether oxygens (including phenoxy) is 1. The summed E-state index contributed by atoms with van der Waals surface area (Å²) >= 11 is 5.33. The molecular weight excluding hydrogens is 388 g/mol. The van der Waals surface area contributed by atoms with Crippen LogP contribution in [0.5, 0.6) is 5.75 Å². The summed E-state index contributed by atoms with van der Waals surface area (Å²) in [6.07, 6.45) is 1.16. The average molecular weight is 415 g/mol. The highest BCUT2D eigenvalue weighted by Gasteiger charge is 2.11. The first-order valence-electron chi connectivity index (χ1n) is 9.55. The van der Waals surface area contributed by atoms with Gasteiger partial charge in [0.25, 0.3) is 0 Å². The summed E-state index contributed by atoms with van der Waals surface area (Å²) in [7, 11) is 1.63. The molecule has 8 nitrogen and oxygen atoms in total. The molecule has 0 atom stereocenters. The Hall–Kier alpha value is -2.94. The fraction of sp³-hybridized carbons (Fsp3) is 0.400. The van der Waals surface area contributed by atoms with Crippen LogP contribution in [0.15, 0.2) is 30.3 Å². The lowest BCUT2D eigenvalue weighted by Gasteiger charge is -2.09. The van der Waals surface area contributed by atoms with Crippen molar-refractivity contribution >= 4 is 18.1 Å². The van der Waals surface area contributed by atoms with Crippen LogP contribution >= 0.6 is 12.2 Å². The number of hydrogen-bond acceptors (Lipinski definition) is 5. The first-order chi connectivity index (χ1) is 14.0. The summed E-state index contributed by atoms with van der Waals surface area (Å²) in [6.45, 7) is 5.87. The second-order valence-corrected chi connectivity index (χ2v) is 7.22. The molecule has 0 aliphatic carbocycles. The van der Waals surface area contributed by atoms with Crippen LogP contribution < -0.4 is 10.1 Å². The van der Waals surface area contributed by atoms with Crippen LogP contribution in [0, 0.1) is 18.6 Å². The normalized spacial score (nSPS) is 10.9. The highest BCUT2D eigenvalue weighted by Crippen LogP contribution is 2.21. The lowest BCUT2D eigenvalue weighted by atomic mass is 10.2. The number of nitrogens with one attached hydrogen (secondary N) is 2. The molecule has 2 aromatic heterocycles. The van der Waals surface area contributed by atoms with Gasteiger partial charge in [-0.25, -0.2) is 0 Å². The van der Waals surface area contributed by atoms with Crippen molar-refractivity contribution in [1.29, 1.82) is 0 Å². The molecule has 0 aliphatic heterocycles. The van der Waals surface area contributed by atoms with Crippen molar-refractivity contribution < 1.29 is 9.53 Å². The van der Waals surface area contributed by atoms with Gasteiger partial charge in [-0.15, -0.1) is 0 Å². The van der Waals surface area contributed by atoms with E-state index in [0.29, 0.717) is 30.1 Å². The maximum absolute atomic E-state index is 12.2. The molecule has 0 saturated heterocycles. The van der Waals surface area contributed by atoms with E-state index in [0.717, 1.165) is 35.7 Å². The molecule has 0 unspecified atom stereocenters. The molecule has 2 N–H and O–H groups in total. The monoisotopic (exact) mass is 414 g/mol. The standard InChI is InChI=1S/C20H26N6O2S/c1-14-13-15(2)26(24-14)11-4-10-21-18(27)9-12-25-19(22-23-20(25)29)16-5-7-17(28-3)8-6-16/h5-8,13H,4,9-12H2,1-3H3,(H,21,27)(H,23,29). The van der Waals surface area contributed by atoms with Gasteiger partial charge in [0.2, 0.25) is 5.91 Å². The SMILES string of the molecule is COc1ccc(-c2n[nH]c(=S)n2CCC(=O)NCCCn2nc(C)cc2C)cc1. The van der Waals surface area contributed by atoms with E-state index < -0.39 is 0 Å². The van der Waals surface area contributed by atoms with E-state index in [1.807, 2.05) is 53.4 Å². The number of nitrogens with zero attached hydrogens (tertiary/aromatic N) is 4. The molecule has 1 amide bonds. The Morgan fingerprint density at radius 2 is 2.00 bits per heavy atom. The lowest BCUT2D eigenvalue weighted by Crippen LogP contribution is -2.26. The van der Waals surface area contributed by atoms with Gasteiger partial charge >= 0.3 is 0 Å². The first kappa shape index (κ1) is 20.8. The molecule has 0 spiro atoms. The third kappa shape index (κ3) is 5.32. The number of methoxy groups -OCH3 is 1. The Morgan fingerprint density at radius 3 is 2.66 bits per heavy atom. The number of carbonyl (C=O) groups is 1. The molecule has 3 aromatic rings. The average Bonchev–Trinajstić information content (AvgIpc) is 3.24. The second kappa shape index (κ2) is 9.51. The van der Waals surface area contributed by atoms with Crippen LogP contribution in [-0.2, 0) is 17.9 Å². The van der Waals surface area contributed by atoms with Crippen molar-refractivity contribution in [3.05, 3.63) is 46.5 Å². The number of rotatable bonds is 9. The van der Waals surface area contributed by atoms with Crippen molar-refractivity contribution in [2.75, 3.05) is 13.7 Å². The van der Waals surface area contributed by atoms with Gasteiger partial charge in [-0.05, 0) is 62.8 Å². The number of aryl methyl sites for hydroxylation is 3. The minimum Gasteiger partial charge on any atom is -0.497 e. The van der Waals surface area contributed by atoms with Gasteiger partial charge < -0.3 is 10.1 Å². The molecule has 0 bridgehead atoms. The van der Waals surface area contributed by atoms with Crippen LogP contribution in [0.25, 0.3) is 11.4 Å². The van der Waals surface area contributed by atoms with Gasteiger partial charge in [-0.2, -0.15) is 10.2 Å². The van der Waals surface area contributed by atoms with E-state index in [-0.39, 0.29) is 5.91 Å². The van der Waals surface area contributed by atoms with Crippen LogP contribution in [0.1, 0.15) is 24.2 Å². The molecule has 3 rings (SSSR count). The van der Waals surface area contributed by atoms with E-state index in [2.05, 4.69) is 20.6 Å². The third-order valence-electron chi connectivity index (χ3n) is 4.64. The van der Waals surface area contributed by atoms with E-state index in [1.54, 1.807) is 7.11 Å². The topological polar surface area (TPSA) is 89.8 Å². The minimum absolute atomic E-state index is 0.0119. The molecule has 154 valence electrons. The fourth-order valence-electron chi connectivity index (χ4n) is 3.15. The number of H-pyrrole nitrogens is 1. The van der Waals surface area contributed by atoms with Gasteiger partial charge in [0.05, 0.1) is 12.8 Å². The summed E-state index contributed by atoms with van der Waals surface area (Å²) in [5.41, 5.74) is 3.05. The third-order valence-corrected chi connectivity index (χ3v) is 4.95. The second-order valence-electron chi connectivity index (χ2n) is 6.84. The van der Waals surface area contributed by atoms with Crippen LogP contribution in [0.3, 0.4) is 0 Å². The molecule has 0 aliphatic rings. The Bertz CT molecular complexity index is 1020. The predicted molar refractivity (Wildman–Crippen MR) is 113 cm³/mol. The molecule has 29 heavy (non-hydrogen) atoms. The molecule has 0 radical (unpaired) electrons. The first-order valence-corrected chi connectivity index (χ1v) is 9.96. The zero-order valence-electron chi connectivity index (χ0n) is 16.9. The van der Waals surface area contributed by atoms with Gasteiger partial charge in [0.15, 0.2) is 10.6 Å². The molecule has 0 saturated carbocycles. The van der Waals surface area contributed by atoms with Gasteiger partial charge in [0, 0.05) is 37.3 Å². The van der Waals surface area contributed by atoms with Crippen molar-refractivity contribution in [3.8, 4) is 17.1 Å². The molecular formula is C20H26N6O2S. The summed E-state index contributed by atoms with van der Waals surface area (Å²) < 4.78 is 9.49. The summed E-state index contributed by atoms with van der Waals surface area (Å²) in [6, 6.07) is 9.62. The predicted octanol–water partition coefficient (Wildman–Crippen LogP) is 3.03. The minimum atomic E-state index is -0.0119. The smallest absolute Gasteiger partial charge is 0.221 e. The number of benzene rings is 1. The fourth-order valence-corrected chi connectivity index (χ4v) is 3.37. The summed E-state index contributed by atoms with van der Waals surface area (Å²) in [4.78, 5) is 12.2. The van der Waals surface area contributed by atoms with Crippen molar-refractivity contribution in [1.82, 2.24) is 29.9 Å². The van der Waals surface area contributed by atoms with Crippen LogP contribution in [0.2, 0.25) is 0 Å². The Balaban J connectivity index is 1.50. The highest BCUT2D eigenvalue weighted by atomic mass is 32.1. The van der Waals surface area contributed by atoms with Crippen molar-refractivity contribution in [2.24, 2.45) is 0 Å².